The van der Waals surface area contributed by atoms with Gasteiger partial charge in [0.15, 0.2) is 8.32 Å². The van der Waals surface area contributed by atoms with E-state index in [-0.39, 0.29) is 0 Å². The summed E-state index contributed by atoms with van der Waals surface area (Å²) in [7, 11) is -1.60. The molecule has 0 radical (unpaired) electrons. The van der Waals surface area contributed by atoms with E-state index in [0.29, 0.717) is 11.1 Å². The largest absolute Gasteiger partial charge is 0.414 e. The lowest BCUT2D eigenvalue weighted by atomic mass is 10.0. The van der Waals surface area contributed by atoms with E-state index < -0.39 is 8.32 Å². The Hall–Kier alpha value is 0.907. The molecule has 0 aromatic carbocycles. The highest BCUT2D eigenvalue weighted by Gasteiger charge is 2.38. The molecule has 0 amide bonds. The van der Waals surface area contributed by atoms with Crippen molar-refractivity contribution in [3.63, 3.8) is 0 Å². The van der Waals surface area contributed by atoms with Gasteiger partial charge in [0.1, 0.15) is 0 Å². The first-order valence-corrected chi connectivity index (χ1v) is 14.4. The van der Waals surface area contributed by atoms with Crippen LogP contribution >= 0.6 is 22.6 Å². The lowest BCUT2D eigenvalue weighted by molar-refractivity contribution is 0.165. The van der Waals surface area contributed by atoms with Crippen molar-refractivity contribution in [2.24, 2.45) is 0 Å². The van der Waals surface area contributed by atoms with Crippen molar-refractivity contribution < 1.29 is 4.43 Å². The van der Waals surface area contributed by atoms with Crippen LogP contribution in [0.15, 0.2) is 0 Å². The first kappa shape index (κ1) is 23.9. The van der Waals surface area contributed by atoms with Crippen LogP contribution < -0.4 is 0 Å². The first-order valence-electron chi connectivity index (χ1n) is 9.98. The van der Waals surface area contributed by atoms with Gasteiger partial charge in [0.25, 0.3) is 0 Å². The lowest BCUT2D eigenvalue weighted by Gasteiger charge is -2.39. The summed E-state index contributed by atoms with van der Waals surface area (Å²) in [6.07, 6.45) is 15.7. The number of hydrogen-bond donors (Lipinski definition) is 0. The van der Waals surface area contributed by atoms with Crippen molar-refractivity contribution in [2.75, 3.05) is 4.43 Å². The molecule has 0 unspecified atom stereocenters. The molecule has 0 spiro atoms. The van der Waals surface area contributed by atoms with Crippen molar-refractivity contribution in [1.82, 2.24) is 0 Å². The first-order chi connectivity index (χ1) is 10.7. The van der Waals surface area contributed by atoms with Crippen LogP contribution in [0, 0.1) is 0 Å². The van der Waals surface area contributed by atoms with Crippen molar-refractivity contribution in [2.45, 2.75) is 123 Å². The van der Waals surface area contributed by atoms with E-state index in [1.54, 1.807) is 0 Å². The quantitative estimate of drug-likeness (QED) is 0.111. The van der Waals surface area contributed by atoms with Crippen LogP contribution in [0.2, 0.25) is 18.1 Å². The van der Waals surface area contributed by atoms with Crippen LogP contribution in [0.5, 0.6) is 0 Å². The number of unbranched alkanes of at least 4 members (excludes halogenated alkanes) is 8. The van der Waals surface area contributed by atoms with Gasteiger partial charge < -0.3 is 4.43 Å². The molecule has 0 aromatic heterocycles. The zero-order valence-electron chi connectivity index (χ0n) is 16.8. The smallest absolute Gasteiger partial charge is 0.192 e. The topological polar surface area (TPSA) is 9.23 Å². The number of rotatable bonds is 14. The predicted octanol–water partition coefficient (Wildman–Crippen LogP) is 8.12. The minimum absolute atomic E-state index is 0.328. The molecule has 0 aromatic rings. The molecule has 140 valence electrons. The van der Waals surface area contributed by atoms with E-state index >= 15 is 0 Å². The monoisotopic (exact) mass is 454 g/mol. The van der Waals surface area contributed by atoms with Gasteiger partial charge in [-0.3, -0.25) is 0 Å². The van der Waals surface area contributed by atoms with E-state index in [0.717, 1.165) is 0 Å². The second-order valence-electron chi connectivity index (χ2n) is 8.59. The van der Waals surface area contributed by atoms with E-state index in [1.165, 1.54) is 75.1 Å². The Morgan fingerprint density at radius 3 is 1.74 bits per heavy atom. The Bertz CT molecular complexity index is 273. The SMILES string of the molecule is CCCCCCCCCCC[C@H](CCI)O[Si](C)(C)C(C)(C)C. The molecule has 0 aliphatic heterocycles. The molecule has 0 rings (SSSR count). The fraction of sp³-hybridized carbons (Fsp3) is 1.00. The molecule has 1 nitrogen and oxygen atoms in total. The maximum absolute atomic E-state index is 6.65. The van der Waals surface area contributed by atoms with Gasteiger partial charge in [0.2, 0.25) is 0 Å². The Morgan fingerprint density at radius 2 is 1.30 bits per heavy atom. The molecule has 0 bridgehead atoms. The molecule has 0 aliphatic carbocycles. The van der Waals surface area contributed by atoms with Crippen LogP contribution in [-0.4, -0.2) is 18.8 Å². The summed E-state index contributed by atoms with van der Waals surface area (Å²) in [4.78, 5) is 0. The van der Waals surface area contributed by atoms with Crippen molar-refractivity contribution in [1.29, 1.82) is 0 Å². The molecule has 23 heavy (non-hydrogen) atoms. The van der Waals surface area contributed by atoms with Gasteiger partial charge in [-0.15, -0.1) is 0 Å². The molecule has 0 aliphatic rings. The molecular formula is C20H43IOSi. The summed E-state index contributed by atoms with van der Waals surface area (Å²) in [6.45, 7) is 14.1. The molecular weight excluding hydrogens is 411 g/mol. The van der Waals surface area contributed by atoms with Crippen molar-refractivity contribution in [3.05, 3.63) is 0 Å². The normalized spacial score (nSPS) is 14.2. The second kappa shape index (κ2) is 13.2. The summed E-state index contributed by atoms with van der Waals surface area (Å²) in [5.74, 6) is 0. The third kappa shape index (κ3) is 12.0. The van der Waals surface area contributed by atoms with Gasteiger partial charge in [0, 0.05) is 10.5 Å². The second-order valence-corrected chi connectivity index (χ2v) is 14.4. The Balaban J connectivity index is 3.89. The number of alkyl halides is 1. The van der Waals surface area contributed by atoms with Gasteiger partial charge in [0.05, 0.1) is 0 Å². The minimum atomic E-state index is -1.60. The van der Waals surface area contributed by atoms with Gasteiger partial charge in [-0.2, -0.15) is 0 Å². The van der Waals surface area contributed by atoms with Crippen LogP contribution in [0.3, 0.4) is 0 Å². The molecule has 0 heterocycles. The van der Waals surface area contributed by atoms with Gasteiger partial charge in [-0.1, -0.05) is 108 Å². The molecule has 3 heteroatoms. The third-order valence-corrected chi connectivity index (χ3v) is 10.5. The van der Waals surface area contributed by atoms with Crippen LogP contribution in [0.1, 0.15) is 98.3 Å². The highest BCUT2D eigenvalue weighted by Crippen LogP contribution is 2.38. The third-order valence-electron chi connectivity index (χ3n) is 5.33. The van der Waals surface area contributed by atoms with Gasteiger partial charge in [-0.05, 0) is 31.0 Å². The summed E-state index contributed by atoms with van der Waals surface area (Å²) in [5.41, 5.74) is 0. The zero-order chi connectivity index (χ0) is 17.8. The van der Waals surface area contributed by atoms with E-state index in [2.05, 4.69) is 63.4 Å². The zero-order valence-corrected chi connectivity index (χ0v) is 20.0. The highest BCUT2D eigenvalue weighted by molar-refractivity contribution is 14.1. The van der Waals surface area contributed by atoms with Crippen LogP contribution in [0.4, 0.5) is 0 Å². The fourth-order valence-corrected chi connectivity index (χ4v) is 4.78. The van der Waals surface area contributed by atoms with Crippen molar-refractivity contribution >= 4 is 30.9 Å². The Kier molecular flexibility index (Phi) is 13.7. The Morgan fingerprint density at radius 1 is 0.826 bits per heavy atom. The predicted molar refractivity (Wildman–Crippen MR) is 117 cm³/mol. The summed E-state index contributed by atoms with van der Waals surface area (Å²) in [5, 5.41) is 0.328. The molecule has 0 N–H and O–H groups in total. The van der Waals surface area contributed by atoms with Gasteiger partial charge in [-0.25, -0.2) is 0 Å². The standard InChI is InChI=1S/C20H43IOSi/c1-7-8-9-10-11-12-13-14-15-16-19(17-18-21)22-23(5,6)20(2,3)4/h19H,7-18H2,1-6H3/t19-/m1/s1. The van der Waals surface area contributed by atoms with Crippen molar-refractivity contribution in [3.8, 4) is 0 Å². The number of halogens is 1. The minimum Gasteiger partial charge on any atom is -0.414 e. The van der Waals surface area contributed by atoms with E-state index in [9.17, 15) is 0 Å². The molecule has 0 saturated heterocycles. The van der Waals surface area contributed by atoms with Crippen LogP contribution in [-0.2, 0) is 4.43 Å². The average molecular weight is 455 g/mol. The van der Waals surface area contributed by atoms with E-state index in [4.69, 9.17) is 4.43 Å². The Labute approximate surface area is 162 Å². The summed E-state index contributed by atoms with van der Waals surface area (Å²) in [6, 6.07) is 0. The molecule has 0 saturated carbocycles. The molecule has 1 atom stereocenters. The fourth-order valence-electron chi connectivity index (χ4n) is 2.66. The maximum Gasteiger partial charge on any atom is 0.192 e. The highest BCUT2D eigenvalue weighted by atomic mass is 127. The average Bonchev–Trinajstić information content (AvgIpc) is 2.44. The number of hydrogen-bond acceptors (Lipinski definition) is 1. The summed E-state index contributed by atoms with van der Waals surface area (Å²) < 4.78 is 7.87. The van der Waals surface area contributed by atoms with Gasteiger partial charge >= 0.3 is 0 Å². The summed E-state index contributed by atoms with van der Waals surface area (Å²) >= 11 is 2.50. The maximum atomic E-state index is 6.65. The van der Waals surface area contributed by atoms with E-state index in [1.807, 2.05) is 0 Å². The van der Waals surface area contributed by atoms with Crippen LogP contribution in [0.25, 0.3) is 0 Å². The lowest BCUT2D eigenvalue weighted by Crippen LogP contribution is -2.44. The molecule has 0 fully saturated rings.